The number of nitrogens with zero attached hydrogens (tertiary/aromatic N) is 3. The molecule has 2 heterocycles. The molecule has 0 N–H and O–H groups in total. The summed E-state index contributed by atoms with van der Waals surface area (Å²) >= 11 is 8.83. The van der Waals surface area contributed by atoms with Crippen LogP contribution in [0.25, 0.3) is 5.82 Å². The summed E-state index contributed by atoms with van der Waals surface area (Å²) in [6.45, 7) is 3.79. The van der Waals surface area contributed by atoms with Gasteiger partial charge in [-0.1, -0.05) is 0 Å². The molecule has 0 fully saturated rings. The van der Waals surface area contributed by atoms with Crippen molar-refractivity contribution in [3.05, 3.63) is 40.0 Å². The molecule has 0 unspecified atom stereocenters. The Hall–Kier alpha value is -1.20. The topological polar surface area (TPSA) is 47.8 Å². The number of alkyl halides is 1. The largest absolute Gasteiger partial charge is 0.301 e. The van der Waals surface area contributed by atoms with Gasteiger partial charge in [-0.2, -0.15) is 0 Å². The van der Waals surface area contributed by atoms with E-state index < -0.39 is 0 Å². The average molecular weight is 329 g/mol. The van der Waals surface area contributed by atoms with E-state index in [1.165, 1.54) is 0 Å². The number of ketones is 1. The van der Waals surface area contributed by atoms with Gasteiger partial charge < -0.3 is 4.57 Å². The van der Waals surface area contributed by atoms with Crippen molar-refractivity contribution < 1.29 is 4.79 Å². The van der Waals surface area contributed by atoms with Gasteiger partial charge in [0.15, 0.2) is 11.6 Å². The molecule has 0 aromatic carbocycles. The number of aryl methyl sites for hydroxylation is 1. The molecule has 18 heavy (non-hydrogen) atoms. The molecule has 0 atom stereocenters. The third-order valence-corrected chi connectivity index (χ3v) is 3.34. The van der Waals surface area contributed by atoms with Gasteiger partial charge >= 0.3 is 0 Å². The van der Waals surface area contributed by atoms with Crippen LogP contribution in [0.3, 0.4) is 0 Å². The molecule has 0 aliphatic carbocycles. The molecule has 0 saturated heterocycles. The molecule has 0 aliphatic heterocycles. The van der Waals surface area contributed by atoms with E-state index in [1.54, 1.807) is 12.4 Å². The maximum Gasteiger partial charge on any atom is 0.179 e. The van der Waals surface area contributed by atoms with Crippen LogP contribution < -0.4 is 0 Å². The number of rotatable bonds is 3. The van der Waals surface area contributed by atoms with Gasteiger partial charge in [0.2, 0.25) is 0 Å². The molecule has 2 aromatic heterocycles. The van der Waals surface area contributed by atoms with Crippen molar-refractivity contribution in [1.82, 2.24) is 14.5 Å². The van der Waals surface area contributed by atoms with Crippen LogP contribution in [0.2, 0.25) is 0 Å². The lowest BCUT2D eigenvalue weighted by Crippen LogP contribution is -2.05. The monoisotopic (exact) mass is 327 g/mol. The van der Waals surface area contributed by atoms with Crippen LogP contribution in [-0.4, -0.2) is 26.2 Å². The van der Waals surface area contributed by atoms with E-state index in [0.29, 0.717) is 16.0 Å². The summed E-state index contributed by atoms with van der Waals surface area (Å²) in [5.41, 5.74) is 2.39. The predicted octanol–water partition coefficient (Wildman–Crippen LogP) is 3.07. The number of hydrogen-bond donors (Lipinski definition) is 0. The summed E-state index contributed by atoms with van der Waals surface area (Å²) in [7, 11) is 0. The molecular weight excluding hydrogens is 318 g/mol. The third kappa shape index (κ3) is 2.33. The van der Waals surface area contributed by atoms with E-state index in [9.17, 15) is 4.79 Å². The highest BCUT2D eigenvalue weighted by Gasteiger charge is 2.16. The van der Waals surface area contributed by atoms with Crippen molar-refractivity contribution in [3.8, 4) is 5.82 Å². The zero-order valence-electron chi connectivity index (χ0n) is 9.94. The summed E-state index contributed by atoms with van der Waals surface area (Å²) in [6, 6.07) is 1.82. The number of hydrogen-bond acceptors (Lipinski definition) is 3. The Morgan fingerprint density at radius 3 is 2.67 bits per heavy atom. The number of aromatic nitrogens is 3. The van der Waals surface area contributed by atoms with Gasteiger partial charge in [0.25, 0.3) is 0 Å². The summed E-state index contributed by atoms with van der Waals surface area (Å²) < 4.78 is 2.56. The van der Waals surface area contributed by atoms with Gasteiger partial charge in [-0.15, -0.1) is 11.6 Å². The lowest BCUT2D eigenvalue weighted by atomic mass is 10.2. The SMILES string of the molecule is Cc1cc(C(=O)CCl)c(C)n1-c1cnc(Br)cn1. The molecule has 0 aliphatic rings. The van der Waals surface area contributed by atoms with Crippen LogP contribution in [0.15, 0.2) is 23.1 Å². The van der Waals surface area contributed by atoms with Gasteiger partial charge in [-0.3, -0.25) is 4.79 Å². The fraction of sp³-hybridized carbons (Fsp3) is 0.250. The van der Waals surface area contributed by atoms with E-state index >= 15 is 0 Å². The number of Topliss-reactive ketones (excluding diaryl/α,β-unsaturated/α-hetero) is 1. The van der Waals surface area contributed by atoms with Gasteiger partial charge in [-0.25, -0.2) is 9.97 Å². The zero-order valence-corrected chi connectivity index (χ0v) is 12.3. The quantitative estimate of drug-likeness (QED) is 0.642. The Balaban J connectivity index is 2.55. The molecule has 0 radical (unpaired) electrons. The Bertz CT molecular complexity index is 592. The Morgan fingerprint density at radius 2 is 2.11 bits per heavy atom. The van der Waals surface area contributed by atoms with E-state index in [4.69, 9.17) is 11.6 Å². The number of halogens is 2. The van der Waals surface area contributed by atoms with Crippen LogP contribution in [0.4, 0.5) is 0 Å². The van der Waals surface area contributed by atoms with Gasteiger partial charge in [0.05, 0.1) is 18.3 Å². The first-order chi connectivity index (χ1) is 8.54. The highest BCUT2D eigenvalue weighted by atomic mass is 79.9. The zero-order chi connectivity index (χ0) is 13.3. The normalized spacial score (nSPS) is 10.7. The molecular formula is C12H11BrClN3O. The molecule has 2 rings (SSSR count). The number of carbonyl (C=O) groups excluding carboxylic acids is 1. The predicted molar refractivity (Wildman–Crippen MR) is 73.6 cm³/mol. The van der Waals surface area contributed by atoms with E-state index in [0.717, 1.165) is 11.4 Å². The highest BCUT2D eigenvalue weighted by Crippen LogP contribution is 2.20. The molecule has 94 valence electrons. The first-order valence-electron chi connectivity index (χ1n) is 5.30. The second-order valence-electron chi connectivity index (χ2n) is 3.87. The fourth-order valence-corrected chi connectivity index (χ4v) is 2.24. The Morgan fingerprint density at radius 1 is 1.39 bits per heavy atom. The van der Waals surface area contributed by atoms with E-state index in [1.807, 2.05) is 24.5 Å². The maximum absolute atomic E-state index is 11.7. The van der Waals surface area contributed by atoms with Crippen molar-refractivity contribution in [2.24, 2.45) is 0 Å². The van der Waals surface area contributed by atoms with E-state index in [-0.39, 0.29) is 11.7 Å². The van der Waals surface area contributed by atoms with Gasteiger partial charge in [-0.05, 0) is 35.8 Å². The van der Waals surface area contributed by atoms with Crippen LogP contribution in [0.1, 0.15) is 21.7 Å². The molecule has 0 saturated carbocycles. The van der Waals surface area contributed by atoms with Crippen LogP contribution >= 0.6 is 27.5 Å². The van der Waals surface area contributed by atoms with E-state index in [2.05, 4.69) is 25.9 Å². The minimum absolute atomic E-state index is 0.0175. The Kier molecular flexibility index (Phi) is 3.82. The summed E-state index contributed by atoms with van der Waals surface area (Å²) in [5.74, 6) is 0.582. The second kappa shape index (κ2) is 5.20. The average Bonchev–Trinajstić information content (AvgIpc) is 2.65. The fourth-order valence-electron chi connectivity index (χ4n) is 1.89. The maximum atomic E-state index is 11.7. The summed E-state index contributed by atoms with van der Waals surface area (Å²) in [5, 5.41) is 0. The smallest absolute Gasteiger partial charge is 0.179 e. The molecule has 0 bridgehead atoms. The molecule has 6 heteroatoms. The third-order valence-electron chi connectivity index (χ3n) is 2.69. The second-order valence-corrected chi connectivity index (χ2v) is 4.95. The van der Waals surface area contributed by atoms with Crippen molar-refractivity contribution in [2.75, 3.05) is 5.88 Å². The highest BCUT2D eigenvalue weighted by molar-refractivity contribution is 9.10. The van der Waals surface area contributed by atoms with Gasteiger partial charge in [0, 0.05) is 17.0 Å². The molecule has 2 aromatic rings. The van der Waals surface area contributed by atoms with Gasteiger partial charge in [0.1, 0.15) is 4.60 Å². The summed E-state index contributed by atoms with van der Waals surface area (Å²) in [6.07, 6.45) is 3.27. The van der Waals surface area contributed by atoms with Crippen molar-refractivity contribution in [3.63, 3.8) is 0 Å². The first kappa shape index (κ1) is 13.2. The van der Waals surface area contributed by atoms with Crippen molar-refractivity contribution in [1.29, 1.82) is 0 Å². The van der Waals surface area contributed by atoms with Crippen LogP contribution in [0, 0.1) is 13.8 Å². The number of carbonyl (C=O) groups is 1. The standard InChI is InChI=1S/C12H11BrClN3O/c1-7-3-9(10(18)4-14)8(2)17(7)12-6-15-11(13)5-16-12/h3,5-6H,4H2,1-2H3. The lowest BCUT2D eigenvalue weighted by molar-refractivity contribution is 0.102. The Labute approximate surface area is 118 Å². The molecule has 4 nitrogen and oxygen atoms in total. The first-order valence-corrected chi connectivity index (χ1v) is 6.63. The molecule has 0 amide bonds. The lowest BCUT2D eigenvalue weighted by Gasteiger charge is -2.07. The van der Waals surface area contributed by atoms with Crippen LogP contribution in [-0.2, 0) is 0 Å². The molecule has 0 spiro atoms. The minimum atomic E-state index is -0.0823. The minimum Gasteiger partial charge on any atom is -0.301 e. The van der Waals surface area contributed by atoms with Crippen LogP contribution in [0.5, 0.6) is 0 Å². The summed E-state index contributed by atoms with van der Waals surface area (Å²) in [4.78, 5) is 20.1. The van der Waals surface area contributed by atoms with Crippen molar-refractivity contribution in [2.45, 2.75) is 13.8 Å². The van der Waals surface area contributed by atoms with Crippen molar-refractivity contribution >= 4 is 33.3 Å².